The van der Waals surface area contributed by atoms with Crippen LogP contribution in [0.4, 0.5) is 10.8 Å². The van der Waals surface area contributed by atoms with E-state index in [0.717, 1.165) is 31.8 Å². The van der Waals surface area contributed by atoms with Crippen molar-refractivity contribution in [1.82, 2.24) is 10.2 Å². The van der Waals surface area contributed by atoms with Gasteiger partial charge < -0.3 is 0 Å². The van der Waals surface area contributed by atoms with Crippen molar-refractivity contribution in [3.8, 4) is 0 Å². The maximum atomic E-state index is 12.5. The van der Waals surface area contributed by atoms with Gasteiger partial charge in [-0.1, -0.05) is 65.6 Å². The molecule has 158 valence electrons. The summed E-state index contributed by atoms with van der Waals surface area (Å²) >= 11 is 2.78. The zero-order valence-corrected chi connectivity index (χ0v) is 19.3. The van der Waals surface area contributed by atoms with E-state index in [1.807, 2.05) is 56.3 Å². The predicted molar refractivity (Wildman–Crippen MR) is 123 cm³/mol. The fraction of sp³-hybridized carbons (Fsp3) is 0.250. The van der Waals surface area contributed by atoms with Gasteiger partial charge in [-0.05, 0) is 36.6 Å². The van der Waals surface area contributed by atoms with Crippen LogP contribution in [0.5, 0.6) is 0 Å². The molecule has 1 N–H and O–H groups in total. The number of aromatic nitrogens is 2. The Morgan fingerprint density at radius 3 is 2.57 bits per heavy atom. The lowest BCUT2D eigenvalue weighted by molar-refractivity contribution is -0.114. The topological polar surface area (TPSA) is 92.3 Å². The van der Waals surface area contributed by atoms with Crippen LogP contribution < -0.4 is 9.62 Å². The first kappa shape index (κ1) is 22.3. The number of aryl methyl sites for hydroxylation is 2. The molecule has 0 aliphatic rings. The molecule has 2 aromatic carbocycles. The molecule has 3 aromatic rings. The van der Waals surface area contributed by atoms with E-state index in [4.69, 9.17) is 0 Å². The van der Waals surface area contributed by atoms with Crippen LogP contribution in [0, 0.1) is 13.8 Å². The Balaban J connectivity index is 1.66. The summed E-state index contributed by atoms with van der Waals surface area (Å²) in [6.07, 6.45) is 1.09. The third kappa shape index (κ3) is 6.04. The zero-order chi connectivity index (χ0) is 21.7. The average Bonchev–Trinajstić information content (AvgIpc) is 3.14. The quantitative estimate of drug-likeness (QED) is 0.404. The summed E-state index contributed by atoms with van der Waals surface area (Å²) in [5.74, 6) is 0.273. The highest BCUT2D eigenvalue weighted by molar-refractivity contribution is 8.00. The van der Waals surface area contributed by atoms with E-state index in [1.54, 1.807) is 6.07 Å². The molecule has 0 atom stereocenters. The van der Waals surface area contributed by atoms with Gasteiger partial charge in [0.05, 0.1) is 11.9 Å². The number of benzene rings is 2. The molecule has 0 spiro atoms. The summed E-state index contributed by atoms with van der Waals surface area (Å²) in [4.78, 5) is 12.5. The SMILES string of the molecule is Cc1ccc(C)c(N(CC(=O)Nc2nnc(SCc3ccccc3)s2)S(C)(=O)=O)c1. The number of anilines is 2. The Labute approximate surface area is 184 Å². The third-order valence-corrected chi connectivity index (χ3v) is 7.35. The molecule has 0 saturated carbocycles. The molecule has 0 fully saturated rings. The minimum atomic E-state index is -3.64. The number of carbonyl (C=O) groups excluding carboxylic acids is 1. The molecular weight excluding hydrogens is 440 g/mol. The Morgan fingerprint density at radius 2 is 1.87 bits per heavy atom. The molecule has 0 saturated heterocycles. The fourth-order valence-corrected chi connectivity index (χ4v) is 5.33. The van der Waals surface area contributed by atoms with E-state index >= 15 is 0 Å². The van der Waals surface area contributed by atoms with E-state index in [0.29, 0.717) is 10.8 Å². The molecule has 10 heteroatoms. The molecule has 0 bridgehead atoms. The highest BCUT2D eigenvalue weighted by Gasteiger charge is 2.23. The zero-order valence-electron chi connectivity index (χ0n) is 16.8. The standard InChI is InChI=1S/C20H22N4O3S3/c1-14-9-10-15(2)17(11-14)24(30(3,26)27)12-18(25)21-19-22-23-20(29-19)28-13-16-7-5-4-6-8-16/h4-11H,12-13H2,1-3H3,(H,21,22,25). The Kier molecular flexibility index (Phi) is 7.11. The number of hydrogen-bond donors (Lipinski definition) is 1. The second kappa shape index (κ2) is 9.59. The van der Waals surface area contributed by atoms with Crippen LogP contribution in [0.15, 0.2) is 52.9 Å². The Morgan fingerprint density at radius 1 is 1.13 bits per heavy atom. The highest BCUT2D eigenvalue weighted by Crippen LogP contribution is 2.28. The van der Waals surface area contributed by atoms with Gasteiger partial charge in [0, 0.05) is 5.75 Å². The number of thioether (sulfide) groups is 1. The van der Waals surface area contributed by atoms with Gasteiger partial charge in [0.2, 0.25) is 21.1 Å². The fourth-order valence-electron chi connectivity index (χ4n) is 2.70. The molecule has 30 heavy (non-hydrogen) atoms. The number of sulfonamides is 1. The van der Waals surface area contributed by atoms with Gasteiger partial charge in [0.1, 0.15) is 6.54 Å². The molecule has 1 amide bonds. The van der Waals surface area contributed by atoms with Gasteiger partial charge in [-0.2, -0.15) is 0 Å². The van der Waals surface area contributed by atoms with Crippen molar-refractivity contribution < 1.29 is 13.2 Å². The van der Waals surface area contributed by atoms with Crippen LogP contribution in [-0.2, 0) is 20.6 Å². The van der Waals surface area contributed by atoms with E-state index in [2.05, 4.69) is 15.5 Å². The molecule has 1 aromatic heterocycles. The molecule has 0 aliphatic heterocycles. The van der Waals surface area contributed by atoms with E-state index < -0.39 is 15.9 Å². The average molecular weight is 463 g/mol. The van der Waals surface area contributed by atoms with Gasteiger partial charge in [-0.3, -0.25) is 14.4 Å². The minimum Gasteiger partial charge on any atom is -0.299 e. The first-order valence-corrected chi connectivity index (χ1v) is 12.7. The van der Waals surface area contributed by atoms with Crippen molar-refractivity contribution in [3.63, 3.8) is 0 Å². The summed E-state index contributed by atoms with van der Waals surface area (Å²) in [7, 11) is -3.64. The van der Waals surface area contributed by atoms with E-state index in [9.17, 15) is 13.2 Å². The number of rotatable bonds is 8. The lowest BCUT2D eigenvalue weighted by Crippen LogP contribution is -2.37. The van der Waals surface area contributed by atoms with Crippen molar-refractivity contribution in [3.05, 3.63) is 65.2 Å². The molecule has 3 rings (SSSR count). The molecule has 1 heterocycles. The first-order valence-electron chi connectivity index (χ1n) is 9.07. The van der Waals surface area contributed by atoms with Crippen molar-refractivity contribution >= 4 is 49.8 Å². The maximum Gasteiger partial charge on any atom is 0.246 e. The maximum absolute atomic E-state index is 12.5. The molecule has 0 unspecified atom stereocenters. The second-order valence-corrected chi connectivity index (χ2v) is 10.9. The third-order valence-electron chi connectivity index (χ3n) is 4.18. The summed E-state index contributed by atoms with van der Waals surface area (Å²) in [6.45, 7) is 3.35. The first-order chi connectivity index (χ1) is 14.2. The summed E-state index contributed by atoms with van der Waals surface area (Å²) in [5, 5.41) is 11.1. The lowest BCUT2D eigenvalue weighted by Gasteiger charge is -2.23. The Hall–Kier alpha value is -2.43. The van der Waals surface area contributed by atoms with Crippen LogP contribution >= 0.6 is 23.1 Å². The van der Waals surface area contributed by atoms with Crippen molar-refractivity contribution in [2.75, 3.05) is 22.4 Å². The second-order valence-electron chi connectivity index (χ2n) is 6.76. The van der Waals surface area contributed by atoms with Crippen molar-refractivity contribution in [2.45, 2.75) is 23.9 Å². The van der Waals surface area contributed by atoms with Crippen LogP contribution in [0.25, 0.3) is 0 Å². The molecular formula is C20H22N4O3S3. The monoisotopic (exact) mass is 462 g/mol. The van der Waals surface area contributed by atoms with E-state index in [1.165, 1.54) is 28.7 Å². The van der Waals surface area contributed by atoms with Gasteiger partial charge in [-0.25, -0.2) is 8.42 Å². The van der Waals surface area contributed by atoms with Crippen molar-refractivity contribution in [1.29, 1.82) is 0 Å². The van der Waals surface area contributed by atoms with Gasteiger partial charge >= 0.3 is 0 Å². The summed E-state index contributed by atoms with van der Waals surface area (Å²) < 4.78 is 26.5. The number of hydrogen-bond acceptors (Lipinski definition) is 7. The van der Waals surface area contributed by atoms with Crippen LogP contribution in [0.3, 0.4) is 0 Å². The molecule has 0 radical (unpaired) electrons. The van der Waals surface area contributed by atoms with Crippen molar-refractivity contribution in [2.24, 2.45) is 0 Å². The lowest BCUT2D eigenvalue weighted by atomic mass is 10.1. The summed E-state index contributed by atoms with van der Waals surface area (Å²) in [5.41, 5.74) is 3.34. The smallest absolute Gasteiger partial charge is 0.246 e. The predicted octanol–water partition coefficient (Wildman–Crippen LogP) is 3.85. The minimum absolute atomic E-state index is 0.338. The Bertz CT molecular complexity index is 1130. The molecule has 7 nitrogen and oxygen atoms in total. The number of nitrogens with one attached hydrogen (secondary N) is 1. The van der Waals surface area contributed by atoms with Gasteiger partial charge in [-0.15, -0.1) is 10.2 Å². The summed E-state index contributed by atoms with van der Waals surface area (Å²) in [6, 6.07) is 15.5. The largest absolute Gasteiger partial charge is 0.299 e. The number of amides is 1. The molecule has 0 aliphatic carbocycles. The number of carbonyl (C=O) groups is 1. The highest BCUT2D eigenvalue weighted by atomic mass is 32.2. The number of nitrogens with zero attached hydrogens (tertiary/aromatic N) is 3. The van der Waals surface area contributed by atoms with Crippen LogP contribution in [-0.4, -0.2) is 37.3 Å². The van der Waals surface area contributed by atoms with Gasteiger partial charge in [0.15, 0.2) is 4.34 Å². The van der Waals surface area contributed by atoms with E-state index in [-0.39, 0.29) is 6.54 Å². The van der Waals surface area contributed by atoms with Gasteiger partial charge in [0.25, 0.3) is 0 Å². The van der Waals surface area contributed by atoms with Crippen LogP contribution in [0.1, 0.15) is 16.7 Å². The van der Waals surface area contributed by atoms with Crippen LogP contribution in [0.2, 0.25) is 0 Å². The normalized spacial score (nSPS) is 11.3.